The smallest absolute Gasteiger partial charge is 0.225 e. The quantitative estimate of drug-likeness (QED) is 0.481. The zero-order valence-electron chi connectivity index (χ0n) is 16.7. The van der Waals surface area contributed by atoms with Gasteiger partial charge in [-0.1, -0.05) is 31.0 Å². The van der Waals surface area contributed by atoms with Gasteiger partial charge in [-0.25, -0.2) is 4.98 Å². The van der Waals surface area contributed by atoms with Crippen LogP contribution < -0.4 is 4.90 Å². The van der Waals surface area contributed by atoms with Crippen LogP contribution in [0.25, 0.3) is 11.6 Å². The molecule has 0 aromatic carbocycles. The fraction of sp³-hybridized carbons (Fsp3) is 0.500. The second-order valence-corrected chi connectivity index (χ2v) is 8.90. The van der Waals surface area contributed by atoms with E-state index >= 15 is 0 Å². The predicted octanol–water partition coefficient (Wildman–Crippen LogP) is 5.16. The third-order valence-electron chi connectivity index (χ3n) is 5.16. The largest absolute Gasteiger partial charge is 0.461 e. The van der Waals surface area contributed by atoms with E-state index in [1.807, 2.05) is 24.4 Å². The minimum atomic E-state index is 0.0150. The number of aromatic nitrogens is 4. The lowest BCUT2D eigenvalue weighted by molar-refractivity contribution is -0.116. The normalized spacial score (nSPS) is 15.0. The molecule has 3 aromatic rings. The molecule has 1 aliphatic rings. The molecule has 29 heavy (non-hydrogen) atoms. The molecule has 3 aromatic heterocycles. The third-order valence-corrected chi connectivity index (χ3v) is 7.05. The topological polar surface area (TPSA) is 77.1 Å². The van der Waals surface area contributed by atoms with Crippen molar-refractivity contribution in [2.75, 3.05) is 11.4 Å². The van der Waals surface area contributed by atoms with Crippen molar-refractivity contribution in [2.45, 2.75) is 62.9 Å². The molecular weight excluding hydrogens is 406 g/mol. The van der Waals surface area contributed by atoms with Gasteiger partial charge in [0.1, 0.15) is 0 Å². The van der Waals surface area contributed by atoms with E-state index in [4.69, 9.17) is 4.42 Å². The maximum absolute atomic E-state index is 11.8. The maximum Gasteiger partial charge on any atom is 0.225 e. The molecular formula is C20H25N5O2S2. The highest BCUT2D eigenvalue weighted by molar-refractivity contribution is 7.98. The van der Waals surface area contributed by atoms with Gasteiger partial charge < -0.3 is 4.42 Å². The highest BCUT2D eigenvalue weighted by Crippen LogP contribution is 2.36. The average Bonchev–Trinajstić information content (AvgIpc) is 3.47. The molecule has 0 bridgehead atoms. The highest BCUT2D eigenvalue weighted by atomic mass is 32.2. The molecule has 0 spiro atoms. The Balaban J connectivity index is 1.54. The van der Waals surface area contributed by atoms with Crippen LogP contribution in [0.1, 0.15) is 57.7 Å². The van der Waals surface area contributed by atoms with Crippen molar-refractivity contribution in [2.24, 2.45) is 0 Å². The summed E-state index contributed by atoms with van der Waals surface area (Å²) >= 11 is 3.15. The van der Waals surface area contributed by atoms with Gasteiger partial charge in [-0.05, 0) is 31.9 Å². The Kier molecular flexibility index (Phi) is 6.34. The van der Waals surface area contributed by atoms with Crippen molar-refractivity contribution < 1.29 is 9.21 Å². The number of furan rings is 1. The molecule has 0 N–H and O–H groups in total. The number of thioether (sulfide) groups is 1. The van der Waals surface area contributed by atoms with Gasteiger partial charge in [-0.15, -0.1) is 21.5 Å². The van der Waals surface area contributed by atoms with Crippen molar-refractivity contribution >= 4 is 34.1 Å². The molecule has 0 unspecified atom stereocenters. The van der Waals surface area contributed by atoms with Crippen LogP contribution in [0.15, 0.2) is 33.3 Å². The molecule has 1 saturated carbocycles. The monoisotopic (exact) mass is 431 g/mol. The van der Waals surface area contributed by atoms with Crippen molar-refractivity contribution in [3.63, 3.8) is 0 Å². The SMILES string of the molecule is CCN(C(C)=O)c1nc(CSc2nnc(-c3ccco3)n2C2CCCCC2)cs1. The van der Waals surface area contributed by atoms with E-state index in [2.05, 4.69) is 19.7 Å². The molecule has 0 radical (unpaired) electrons. The van der Waals surface area contributed by atoms with E-state index in [0.717, 1.165) is 40.4 Å². The van der Waals surface area contributed by atoms with Gasteiger partial charge in [0.2, 0.25) is 11.7 Å². The number of amides is 1. The summed E-state index contributed by atoms with van der Waals surface area (Å²) < 4.78 is 7.86. The maximum atomic E-state index is 11.8. The van der Waals surface area contributed by atoms with Gasteiger partial charge in [0.15, 0.2) is 16.0 Å². The first kappa shape index (κ1) is 20.2. The fourth-order valence-corrected chi connectivity index (χ4v) is 5.67. The Hall–Kier alpha value is -2.13. The van der Waals surface area contributed by atoms with Crippen LogP contribution in [-0.4, -0.2) is 32.2 Å². The molecule has 154 valence electrons. The van der Waals surface area contributed by atoms with Crippen molar-refractivity contribution in [1.82, 2.24) is 19.7 Å². The van der Waals surface area contributed by atoms with Crippen LogP contribution in [-0.2, 0) is 10.5 Å². The average molecular weight is 432 g/mol. The van der Waals surface area contributed by atoms with E-state index in [0.29, 0.717) is 18.3 Å². The lowest BCUT2D eigenvalue weighted by Gasteiger charge is -2.25. The summed E-state index contributed by atoms with van der Waals surface area (Å²) in [6, 6.07) is 4.22. The summed E-state index contributed by atoms with van der Waals surface area (Å²) in [5, 5.41) is 12.6. The first-order valence-electron chi connectivity index (χ1n) is 10.0. The van der Waals surface area contributed by atoms with Crippen LogP contribution in [0.2, 0.25) is 0 Å². The second kappa shape index (κ2) is 9.13. The van der Waals surface area contributed by atoms with Gasteiger partial charge in [0.25, 0.3) is 0 Å². The van der Waals surface area contributed by atoms with Crippen molar-refractivity contribution in [3.05, 3.63) is 29.5 Å². The Morgan fingerprint density at radius 1 is 1.34 bits per heavy atom. The Morgan fingerprint density at radius 3 is 2.86 bits per heavy atom. The van der Waals surface area contributed by atoms with E-state index in [1.54, 1.807) is 29.8 Å². The second-order valence-electron chi connectivity index (χ2n) is 7.12. The van der Waals surface area contributed by atoms with Crippen molar-refractivity contribution in [3.8, 4) is 11.6 Å². The summed E-state index contributed by atoms with van der Waals surface area (Å²) in [4.78, 5) is 18.1. The number of nitrogens with zero attached hydrogens (tertiary/aromatic N) is 5. The first-order chi connectivity index (χ1) is 14.2. The third kappa shape index (κ3) is 4.40. The minimum Gasteiger partial charge on any atom is -0.461 e. The van der Waals surface area contributed by atoms with E-state index in [-0.39, 0.29) is 5.91 Å². The number of carbonyl (C=O) groups excluding carboxylic acids is 1. The van der Waals surface area contributed by atoms with Gasteiger partial charge in [-0.3, -0.25) is 14.3 Å². The Bertz CT molecular complexity index is 944. The number of anilines is 1. The lowest BCUT2D eigenvalue weighted by atomic mass is 9.95. The molecule has 0 atom stereocenters. The number of hydrogen-bond acceptors (Lipinski definition) is 7. The van der Waals surface area contributed by atoms with E-state index < -0.39 is 0 Å². The summed E-state index contributed by atoms with van der Waals surface area (Å²) in [6.07, 6.45) is 7.72. The van der Waals surface area contributed by atoms with Gasteiger partial charge in [-0.2, -0.15) is 0 Å². The molecule has 7 nitrogen and oxygen atoms in total. The summed E-state index contributed by atoms with van der Waals surface area (Å²) in [6.45, 7) is 4.15. The molecule has 0 saturated heterocycles. The van der Waals surface area contributed by atoms with E-state index in [1.165, 1.54) is 30.6 Å². The molecule has 1 fully saturated rings. The summed E-state index contributed by atoms with van der Waals surface area (Å²) in [5.74, 6) is 2.26. The standard InChI is InChI=1S/C20H25N5O2S2/c1-3-24(14(2)26)19-21-15(12-28-19)13-29-20-23-22-18(17-10-7-11-27-17)25(20)16-8-5-4-6-9-16/h7,10-12,16H,3-6,8-9,13H2,1-2H3. The number of carbonyl (C=O) groups is 1. The Labute approximate surface area is 178 Å². The number of thiazole rings is 1. The lowest BCUT2D eigenvalue weighted by Crippen LogP contribution is -2.27. The van der Waals surface area contributed by atoms with Gasteiger partial charge in [0.05, 0.1) is 12.0 Å². The first-order valence-corrected chi connectivity index (χ1v) is 11.9. The minimum absolute atomic E-state index is 0.0150. The zero-order valence-corrected chi connectivity index (χ0v) is 18.3. The zero-order chi connectivity index (χ0) is 20.2. The highest BCUT2D eigenvalue weighted by Gasteiger charge is 2.25. The predicted molar refractivity (Wildman–Crippen MR) is 115 cm³/mol. The van der Waals surface area contributed by atoms with E-state index in [9.17, 15) is 4.79 Å². The molecule has 1 aliphatic carbocycles. The fourth-order valence-electron chi connectivity index (χ4n) is 3.74. The Morgan fingerprint density at radius 2 is 2.17 bits per heavy atom. The van der Waals surface area contributed by atoms with Gasteiger partial charge in [0, 0.05) is 30.6 Å². The molecule has 4 rings (SSSR count). The summed E-state index contributed by atoms with van der Waals surface area (Å²) in [7, 11) is 0. The van der Waals surface area contributed by atoms with Gasteiger partial charge >= 0.3 is 0 Å². The molecule has 1 amide bonds. The molecule has 9 heteroatoms. The molecule has 3 heterocycles. The summed E-state index contributed by atoms with van der Waals surface area (Å²) in [5.41, 5.74) is 0.951. The van der Waals surface area contributed by atoms with Crippen LogP contribution in [0.4, 0.5) is 5.13 Å². The number of rotatable bonds is 7. The number of hydrogen-bond donors (Lipinski definition) is 0. The van der Waals surface area contributed by atoms with Crippen molar-refractivity contribution in [1.29, 1.82) is 0 Å². The van der Waals surface area contributed by atoms with Crippen LogP contribution >= 0.6 is 23.1 Å². The van der Waals surface area contributed by atoms with Crippen LogP contribution in [0.3, 0.4) is 0 Å². The van der Waals surface area contributed by atoms with Crippen LogP contribution in [0.5, 0.6) is 0 Å². The van der Waals surface area contributed by atoms with Crippen LogP contribution in [0, 0.1) is 0 Å². The molecule has 0 aliphatic heterocycles.